The quantitative estimate of drug-likeness (QED) is 0.611. The average Bonchev–Trinajstić information content (AvgIpc) is 2.81. The largest absolute Gasteiger partial charge is 0.476 e. The molecule has 0 bridgehead atoms. The zero-order chi connectivity index (χ0) is 11.3. The van der Waals surface area contributed by atoms with E-state index >= 15 is 0 Å². The molecule has 0 fully saturated rings. The number of rotatable bonds is 1. The predicted octanol–water partition coefficient (Wildman–Crippen LogP) is -0.232. The first-order valence-electron chi connectivity index (χ1n) is 4.45. The van der Waals surface area contributed by atoms with E-state index in [9.17, 15) is 4.79 Å². The van der Waals surface area contributed by atoms with Crippen molar-refractivity contribution in [3.8, 4) is 11.6 Å². The number of nitrogen functional groups attached to an aromatic ring is 1. The van der Waals surface area contributed by atoms with E-state index in [1.807, 2.05) is 0 Å². The molecule has 0 aliphatic carbocycles. The normalized spacial score (nSPS) is 12.8. The Morgan fingerprint density at radius 2 is 2.50 bits per heavy atom. The van der Waals surface area contributed by atoms with E-state index in [1.54, 1.807) is 4.57 Å². The lowest BCUT2D eigenvalue weighted by Gasteiger charge is -2.15. The smallest absolute Gasteiger partial charge is 0.356 e. The number of H-pyrrole nitrogens is 1. The van der Waals surface area contributed by atoms with Crippen molar-refractivity contribution in [2.45, 2.75) is 6.61 Å². The molecule has 0 atom stereocenters. The molecule has 0 saturated carbocycles. The summed E-state index contributed by atoms with van der Waals surface area (Å²) in [5, 5.41) is 15.3. The number of carboxylic acid groups (broad SMARTS) is 1. The lowest BCUT2D eigenvalue weighted by Crippen LogP contribution is -2.15. The molecular formula is C8H7N5O3. The molecule has 2 aromatic heterocycles. The number of nitrogens with zero attached hydrogens (tertiary/aromatic N) is 3. The summed E-state index contributed by atoms with van der Waals surface area (Å²) in [7, 11) is 0. The van der Waals surface area contributed by atoms with Crippen molar-refractivity contribution in [3.05, 3.63) is 17.7 Å². The number of carboxylic acids is 1. The van der Waals surface area contributed by atoms with Gasteiger partial charge in [0.15, 0.2) is 11.4 Å². The molecule has 0 amide bonds. The van der Waals surface area contributed by atoms with E-state index in [-0.39, 0.29) is 12.3 Å². The summed E-state index contributed by atoms with van der Waals surface area (Å²) in [5.41, 5.74) is 6.58. The maximum Gasteiger partial charge on any atom is 0.356 e. The lowest BCUT2D eigenvalue weighted by molar-refractivity contribution is 0.0687. The number of aromatic nitrogens is 4. The number of aromatic carboxylic acids is 1. The first-order chi connectivity index (χ1) is 7.68. The summed E-state index contributed by atoms with van der Waals surface area (Å²) in [6.07, 6.45) is 1.39. The highest BCUT2D eigenvalue weighted by atomic mass is 16.5. The minimum Gasteiger partial charge on any atom is -0.476 e. The van der Waals surface area contributed by atoms with E-state index < -0.39 is 5.97 Å². The van der Waals surface area contributed by atoms with Crippen LogP contribution in [0.5, 0.6) is 5.88 Å². The Kier molecular flexibility index (Phi) is 1.51. The number of hydrogen-bond acceptors (Lipinski definition) is 5. The molecule has 0 radical (unpaired) electrons. The van der Waals surface area contributed by atoms with Crippen LogP contribution in [0.3, 0.4) is 0 Å². The number of carbonyl (C=O) groups is 1. The molecule has 3 heterocycles. The van der Waals surface area contributed by atoms with E-state index in [2.05, 4.69) is 15.2 Å². The fraction of sp³-hybridized carbons (Fsp3) is 0.125. The number of fused-ring (bicyclic) bond motifs is 3. The Morgan fingerprint density at radius 3 is 3.25 bits per heavy atom. The molecule has 0 saturated heterocycles. The summed E-state index contributed by atoms with van der Waals surface area (Å²) in [6.45, 7) is 0.110. The van der Waals surface area contributed by atoms with Crippen LogP contribution >= 0.6 is 0 Å². The highest BCUT2D eigenvalue weighted by Gasteiger charge is 2.27. The molecule has 3 rings (SSSR count). The van der Waals surface area contributed by atoms with E-state index in [4.69, 9.17) is 15.6 Å². The van der Waals surface area contributed by atoms with Gasteiger partial charge >= 0.3 is 5.97 Å². The third-order valence-electron chi connectivity index (χ3n) is 2.39. The van der Waals surface area contributed by atoms with E-state index in [1.165, 1.54) is 6.33 Å². The highest BCUT2D eigenvalue weighted by molar-refractivity contribution is 5.87. The summed E-state index contributed by atoms with van der Waals surface area (Å²) in [6, 6.07) is 0. The van der Waals surface area contributed by atoms with Gasteiger partial charge in [-0.25, -0.2) is 9.78 Å². The molecule has 0 spiro atoms. The Labute approximate surface area is 88.7 Å². The molecule has 1 aliphatic rings. The number of anilines is 1. The Hall–Kier alpha value is -2.51. The van der Waals surface area contributed by atoms with Crippen LogP contribution in [-0.2, 0) is 6.61 Å². The van der Waals surface area contributed by atoms with Gasteiger partial charge in [-0.3, -0.25) is 9.67 Å². The third kappa shape index (κ3) is 0.950. The topological polar surface area (TPSA) is 119 Å². The van der Waals surface area contributed by atoms with Crippen LogP contribution in [0.2, 0.25) is 0 Å². The fourth-order valence-corrected chi connectivity index (χ4v) is 1.69. The van der Waals surface area contributed by atoms with Gasteiger partial charge in [0.05, 0.1) is 5.69 Å². The molecule has 8 nitrogen and oxygen atoms in total. The summed E-state index contributed by atoms with van der Waals surface area (Å²) >= 11 is 0. The van der Waals surface area contributed by atoms with Crippen molar-refractivity contribution in [2.24, 2.45) is 0 Å². The minimum absolute atomic E-state index is 0.0359. The van der Waals surface area contributed by atoms with Gasteiger partial charge in [-0.1, -0.05) is 0 Å². The van der Waals surface area contributed by atoms with Crippen LogP contribution in [-0.4, -0.2) is 30.8 Å². The molecule has 0 aromatic carbocycles. The van der Waals surface area contributed by atoms with Crippen LogP contribution in [0.25, 0.3) is 5.69 Å². The summed E-state index contributed by atoms with van der Waals surface area (Å²) in [5.74, 6) is -0.438. The number of nitrogens with one attached hydrogen (secondary N) is 1. The number of ether oxygens (including phenoxy) is 1. The first kappa shape index (κ1) is 8.77. The number of hydrogen-bond donors (Lipinski definition) is 3. The summed E-state index contributed by atoms with van der Waals surface area (Å²) in [4.78, 5) is 14.7. The van der Waals surface area contributed by atoms with Gasteiger partial charge in [-0.15, -0.1) is 5.10 Å². The number of nitrogens with two attached hydrogens (primary N) is 1. The van der Waals surface area contributed by atoms with Crippen molar-refractivity contribution >= 4 is 11.8 Å². The fourth-order valence-electron chi connectivity index (χ4n) is 1.69. The Morgan fingerprint density at radius 1 is 1.69 bits per heavy atom. The zero-order valence-corrected chi connectivity index (χ0v) is 7.97. The van der Waals surface area contributed by atoms with Crippen molar-refractivity contribution < 1.29 is 14.6 Å². The van der Waals surface area contributed by atoms with Crippen LogP contribution in [0.1, 0.15) is 16.2 Å². The number of imidazole rings is 1. The standard InChI is InChI=1S/C8H7N5O3/c9-6-5-7(12-11-6)16-1-3-4(8(14)15)10-2-13(3)5/h2H,1H2,(H,14,15)(H3,9,11,12). The van der Waals surface area contributed by atoms with Crippen LogP contribution < -0.4 is 10.5 Å². The molecule has 1 aliphatic heterocycles. The van der Waals surface area contributed by atoms with Crippen molar-refractivity contribution in [1.29, 1.82) is 0 Å². The molecule has 82 valence electrons. The Bertz CT molecular complexity index is 585. The van der Waals surface area contributed by atoms with Crippen LogP contribution in [0.15, 0.2) is 6.33 Å². The third-order valence-corrected chi connectivity index (χ3v) is 2.39. The van der Waals surface area contributed by atoms with Gasteiger partial charge in [-0.2, -0.15) is 0 Å². The maximum absolute atomic E-state index is 10.9. The monoisotopic (exact) mass is 221 g/mol. The minimum atomic E-state index is -1.09. The van der Waals surface area contributed by atoms with Gasteiger partial charge in [0.1, 0.15) is 18.8 Å². The second kappa shape index (κ2) is 2.75. The second-order valence-corrected chi connectivity index (χ2v) is 3.29. The SMILES string of the molecule is Nc1[nH]nc2c1-n1cnc(C(=O)O)c1CO2. The van der Waals surface area contributed by atoms with Gasteiger partial charge in [-0.05, 0) is 0 Å². The second-order valence-electron chi connectivity index (χ2n) is 3.29. The predicted molar refractivity (Wildman–Crippen MR) is 51.4 cm³/mol. The molecule has 8 heteroatoms. The van der Waals surface area contributed by atoms with Gasteiger partial charge in [0, 0.05) is 0 Å². The number of aromatic amines is 1. The van der Waals surface area contributed by atoms with Gasteiger partial charge < -0.3 is 15.6 Å². The molecule has 0 unspecified atom stereocenters. The zero-order valence-electron chi connectivity index (χ0n) is 7.97. The van der Waals surface area contributed by atoms with E-state index in [0.29, 0.717) is 23.1 Å². The average molecular weight is 221 g/mol. The Balaban J connectivity index is 2.26. The lowest BCUT2D eigenvalue weighted by atomic mass is 10.3. The van der Waals surface area contributed by atoms with Crippen LogP contribution in [0.4, 0.5) is 5.82 Å². The molecule has 4 N–H and O–H groups in total. The maximum atomic E-state index is 10.9. The van der Waals surface area contributed by atoms with Crippen LogP contribution in [0, 0.1) is 0 Å². The van der Waals surface area contributed by atoms with Crippen molar-refractivity contribution in [2.75, 3.05) is 5.73 Å². The first-order valence-corrected chi connectivity index (χ1v) is 4.45. The van der Waals surface area contributed by atoms with Gasteiger partial charge in [0.2, 0.25) is 0 Å². The van der Waals surface area contributed by atoms with Crippen molar-refractivity contribution in [1.82, 2.24) is 19.7 Å². The molecular weight excluding hydrogens is 214 g/mol. The van der Waals surface area contributed by atoms with Gasteiger partial charge in [0.25, 0.3) is 5.88 Å². The van der Waals surface area contributed by atoms with Crippen molar-refractivity contribution in [3.63, 3.8) is 0 Å². The highest BCUT2D eigenvalue weighted by Crippen LogP contribution is 2.32. The molecule has 2 aromatic rings. The summed E-state index contributed by atoms with van der Waals surface area (Å²) < 4.78 is 6.84. The van der Waals surface area contributed by atoms with E-state index in [0.717, 1.165) is 0 Å². The molecule has 16 heavy (non-hydrogen) atoms.